The number of hydrogen-bond acceptors (Lipinski definition) is 5. The van der Waals surface area contributed by atoms with Gasteiger partial charge >= 0.3 is 0 Å². The van der Waals surface area contributed by atoms with Gasteiger partial charge in [-0.15, -0.1) is 0 Å². The third-order valence-corrected chi connectivity index (χ3v) is 4.68. The molecular formula is C13H22N2O4S. The Morgan fingerprint density at radius 1 is 1.40 bits per heavy atom. The van der Waals surface area contributed by atoms with Crippen molar-refractivity contribution in [2.45, 2.75) is 31.3 Å². The highest BCUT2D eigenvalue weighted by molar-refractivity contribution is 7.89. The number of likely N-dealkylation sites (N-methyl/N-ethyl adjacent to an activating group) is 1. The number of rotatable bonds is 6. The summed E-state index contributed by atoms with van der Waals surface area (Å²) in [5, 5.41) is 9.84. The Morgan fingerprint density at radius 3 is 2.45 bits per heavy atom. The smallest absolute Gasteiger partial charge is 0.246 e. The molecule has 3 N–H and O–H groups in total. The molecule has 20 heavy (non-hydrogen) atoms. The SMILES string of the molecule is CCN(CC(C)(C)O)S(=O)(=O)c1ccc(N)cc1OC. The highest BCUT2D eigenvalue weighted by Gasteiger charge is 2.30. The molecule has 0 atom stereocenters. The van der Waals surface area contributed by atoms with Crippen molar-refractivity contribution in [2.75, 3.05) is 25.9 Å². The van der Waals surface area contributed by atoms with Gasteiger partial charge in [0.05, 0.1) is 12.7 Å². The molecular weight excluding hydrogens is 280 g/mol. The van der Waals surface area contributed by atoms with Gasteiger partial charge in [0.2, 0.25) is 10.0 Å². The van der Waals surface area contributed by atoms with Crippen molar-refractivity contribution in [3.05, 3.63) is 18.2 Å². The Morgan fingerprint density at radius 2 is 2.00 bits per heavy atom. The summed E-state index contributed by atoms with van der Waals surface area (Å²) >= 11 is 0. The zero-order valence-corrected chi connectivity index (χ0v) is 13.1. The van der Waals surface area contributed by atoms with Gasteiger partial charge < -0.3 is 15.6 Å². The van der Waals surface area contributed by atoms with Gasteiger partial charge in [-0.2, -0.15) is 4.31 Å². The number of sulfonamides is 1. The van der Waals surface area contributed by atoms with E-state index in [9.17, 15) is 13.5 Å². The molecule has 1 aromatic carbocycles. The third kappa shape index (κ3) is 3.84. The summed E-state index contributed by atoms with van der Waals surface area (Å²) in [7, 11) is -2.36. The molecule has 0 radical (unpaired) electrons. The highest BCUT2D eigenvalue weighted by atomic mass is 32.2. The van der Waals surface area contributed by atoms with Crippen LogP contribution in [0.2, 0.25) is 0 Å². The lowest BCUT2D eigenvalue weighted by Gasteiger charge is -2.27. The number of nitrogen functional groups attached to an aromatic ring is 1. The second kappa shape index (κ2) is 5.99. The molecule has 0 aliphatic rings. The summed E-state index contributed by atoms with van der Waals surface area (Å²) in [4.78, 5) is 0.0419. The summed E-state index contributed by atoms with van der Waals surface area (Å²) in [5.41, 5.74) is 4.93. The first-order chi connectivity index (χ1) is 9.11. The quantitative estimate of drug-likeness (QED) is 0.766. The molecule has 1 aromatic rings. The van der Waals surface area contributed by atoms with E-state index in [1.807, 2.05) is 0 Å². The van der Waals surface area contributed by atoms with E-state index in [1.165, 1.54) is 29.6 Å². The average molecular weight is 302 g/mol. The van der Waals surface area contributed by atoms with Crippen LogP contribution in [0.1, 0.15) is 20.8 Å². The van der Waals surface area contributed by atoms with Gasteiger partial charge in [0.25, 0.3) is 0 Å². The number of nitrogens with zero attached hydrogens (tertiary/aromatic N) is 1. The van der Waals surface area contributed by atoms with Crippen molar-refractivity contribution >= 4 is 15.7 Å². The van der Waals surface area contributed by atoms with E-state index in [1.54, 1.807) is 20.8 Å². The first kappa shape index (κ1) is 16.7. The maximum absolute atomic E-state index is 12.6. The fourth-order valence-electron chi connectivity index (χ4n) is 1.83. The third-order valence-electron chi connectivity index (χ3n) is 2.72. The molecule has 0 aliphatic carbocycles. The topological polar surface area (TPSA) is 92.9 Å². The van der Waals surface area contributed by atoms with E-state index < -0.39 is 15.6 Å². The zero-order chi connectivity index (χ0) is 15.6. The van der Waals surface area contributed by atoms with Gasteiger partial charge in [-0.25, -0.2) is 8.42 Å². The number of methoxy groups -OCH3 is 1. The van der Waals surface area contributed by atoms with E-state index in [2.05, 4.69) is 0 Å². The van der Waals surface area contributed by atoms with Crippen LogP contribution < -0.4 is 10.5 Å². The molecule has 0 amide bonds. The van der Waals surface area contributed by atoms with E-state index in [-0.39, 0.29) is 23.7 Å². The minimum Gasteiger partial charge on any atom is -0.495 e. The summed E-state index contributed by atoms with van der Waals surface area (Å²) < 4.78 is 31.6. The number of ether oxygens (including phenoxy) is 1. The Hall–Kier alpha value is -1.31. The number of benzene rings is 1. The molecule has 0 heterocycles. The molecule has 114 valence electrons. The Balaban J connectivity index is 3.27. The lowest BCUT2D eigenvalue weighted by molar-refractivity contribution is 0.0601. The Bertz CT molecular complexity index is 564. The van der Waals surface area contributed by atoms with Gasteiger partial charge in [-0.3, -0.25) is 0 Å². The van der Waals surface area contributed by atoms with Gasteiger partial charge in [-0.05, 0) is 26.0 Å². The summed E-state index contributed by atoms with van der Waals surface area (Å²) in [6, 6.07) is 4.38. The highest BCUT2D eigenvalue weighted by Crippen LogP contribution is 2.29. The second-order valence-electron chi connectivity index (χ2n) is 5.15. The van der Waals surface area contributed by atoms with E-state index in [0.717, 1.165) is 0 Å². The normalized spacial score (nSPS) is 12.7. The number of hydrogen-bond donors (Lipinski definition) is 2. The average Bonchev–Trinajstić information content (AvgIpc) is 2.34. The van der Waals surface area contributed by atoms with Crippen molar-refractivity contribution < 1.29 is 18.3 Å². The monoisotopic (exact) mass is 302 g/mol. The van der Waals surface area contributed by atoms with Gasteiger partial charge in [0.15, 0.2) is 0 Å². The van der Waals surface area contributed by atoms with Crippen molar-refractivity contribution in [3.63, 3.8) is 0 Å². The lowest BCUT2D eigenvalue weighted by atomic mass is 10.1. The maximum atomic E-state index is 12.6. The molecule has 0 spiro atoms. The fraction of sp³-hybridized carbons (Fsp3) is 0.538. The first-order valence-corrected chi connectivity index (χ1v) is 7.72. The fourth-order valence-corrected chi connectivity index (χ4v) is 3.58. The van der Waals surface area contributed by atoms with Crippen LogP contribution in [0.15, 0.2) is 23.1 Å². The van der Waals surface area contributed by atoms with Crippen LogP contribution in [0.25, 0.3) is 0 Å². The molecule has 0 saturated heterocycles. The molecule has 0 aliphatic heterocycles. The van der Waals surface area contributed by atoms with Crippen LogP contribution >= 0.6 is 0 Å². The molecule has 1 rings (SSSR count). The number of nitrogens with two attached hydrogens (primary N) is 1. The number of aliphatic hydroxyl groups is 1. The van der Waals surface area contributed by atoms with Crippen molar-refractivity contribution in [2.24, 2.45) is 0 Å². The van der Waals surface area contributed by atoms with Crippen molar-refractivity contribution in [3.8, 4) is 5.75 Å². The second-order valence-corrected chi connectivity index (χ2v) is 7.06. The van der Waals surface area contributed by atoms with E-state index >= 15 is 0 Å². The molecule has 7 heteroatoms. The van der Waals surface area contributed by atoms with E-state index in [0.29, 0.717) is 5.69 Å². The van der Waals surface area contributed by atoms with Crippen LogP contribution in [0.4, 0.5) is 5.69 Å². The summed E-state index contributed by atoms with van der Waals surface area (Å²) in [6.07, 6.45) is 0. The van der Waals surface area contributed by atoms with Crippen LogP contribution in [-0.2, 0) is 10.0 Å². The molecule has 0 unspecified atom stereocenters. The lowest BCUT2D eigenvalue weighted by Crippen LogP contribution is -2.42. The minimum absolute atomic E-state index is 0.000631. The Kier molecular flexibility index (Phi) is 5.01. The molecule has 0 bridgehead atoms. The van der Waals surface area contributed by atoms with Gasteiger partial charge in [0.1, 0.15) is 10.6 Å². The Labute approximate surface area is 120 Å². The number of anilines is 1. The first-order valence-electron chi connectivity index (χ1n) is 6.28. The van der Waals surface area contributed by atoms with Crippen LogP contribution in [-0.4, -0.2) is 43.6 Å². The predicted octanol–water partition coefficient (Wildman–Crippen LogP) is 1.06. The van der Waals surface area contributed by atoms with Crippen LogP contribution in [0, 0.1) is 0 Å². The molecule has 0 saturated carbocycles. The predicted molar refractivity (Wildman–Crippen MR) is 78.1 cm³/mol. The summed E-state index contributed by atoms with van der Waals surface area (Å²) in [5.74, 6) is 0.194. The van der Waals surface area contributed by atoms with Crippen LogP contribution in [0.3, 0.4) is 0 Å². The van der Waals surface area contributed by atoms with Crippen molar-refractivity contribution in [1.82, 2.24) is 4.31 Å². The van der Waals surface area contributed by atoms with E-state index in [4.69, 9.17) is 10.5 Å². The van der Waals surface area contributed by atoms with Gasteiger partial charge in [-0.1, -0.05) is 6.92 Å². The zero-order valence-electron chi connectivity index (χ0n) is 12.3. The summed E-state index contributed by atoms with van der Waals surface area (Å²) in [6.45, 7) is 5.09. The molecule has 6 nitrogen and oxygen atoms in total. The van der Waals surface area contributed by atoms with Crippen LogP contribution in [0.5, 0.6) is 5.75 Å². The molecule has 0 aromatic heterocycles. The minimum atomic E-state index is -3.75. The van der Waals surface area contributed by atoms with Crippen molar-refractivity contribution in [1.29, 1.82) is 0 Å². The molecule has 0 fully saturated rings. The largest absolute Gasteiger partial charge is 0.495 e. The maximum Gasteiger partial charge on any atom is 0.246 e. The van der Waals surface area contributed by atoms with Gasteiger partial charge in [0, 0.05) is 24.8 Å². The standard InChI is InChI=1S/C13H22N2O4S/c1-5-15(9-13(2,3)16)20(17,18)12-7-6-10(14)8-11(12)19-4/h6-8,16H,5,9,14H2,1-4H3.